The molecule has 1 heterocycles. The number of nitrogens with zero attached hydrogens (tertiary/aromatic N) is 2. The largest absolute Gasteiger partial charge is 0.494 e. The Labute approximate surface area is 123 Å². The van der Waals surface area contributed by atoms with Crippen molar-refractivity contribution in [1.82, 2.24) is 9.97 Å². The van der Waals surface area contributed by atoms with E-state index in [0.717, 1.165) is 18.5 Å². The van der Waals surface area contributed by atoms with Gasteiger partial charge >= 0.3 is 0 Å². The molecule has 0 unspecified atom stereocenters. The van der Waals surface area contributed by atoms with Crippen molar-refractivity contribution in [3.05, 3.63) is 35.8 Å². The molecule has 2 rings (SSSR count). The van der Waals surface area contributed by atoms with Gasteiger partial charge in [-0.15, -0.1) is 0 Å². The van der Waals surface area contributed by atoms with Gasteiger partial charge in [0.25, 0.3) is 0 Å². The van der Waals surface area contributed by atoms with Gasteiger partial charge in [0.1, 0.15) is 17.4 Å². The average molecular weight is 290 g/mol. The van der Waals surface area contributed by atoms with Crippen molar-refractivity contribution in [2.75, 3.05) is 24.3 Å². The molecule has 1 aromatic carbocycles. The first-order valence-electron chi connectivity index (χ1n) is 6.82. The van der Waals surface area contributed by atoms with Gasteiger partial charge in [0.15, 0.2) is 0 Å². The summed E-state index contributed by atoms with van der Waals surface area (Å²) in [5.74, 6) is 1.30. The van der Waals surface area contributed by atoms with E-state index >= 15 is 0 Å². The molecular weight excluding hydrogens is 271 g/mol. The fourth-order valence-corrected chi connectivity index (χ4v) is 1.79. The van der Waals surface area contributed by atoms with Gasteiger partial charge in [-0.2, -0.15) is 4.98 Å². The van der Waals surface area contributed by atoms with Crippen molar-refractivity contribution in [2.45, 2.75) is 20.3 Å². The Balaban J connectivity index is 2.26. The number of halogens is 1. The van der Waals surface area contributed by atoms with Gasteiger partial charge in [0.2, 0.25) is 5.95 Å². The third kappa shape index (κ3) is 3.81. The van der Waals surface area contributed by atoms with Gasteiger partial charge in [-0.1, -0.05) is 6.92 Å². The summed E-state index contributed by atoms with van der Waals surface area (Å²) < 4.78 is 18.4. The van der Waals surface area contributed by atoms with Gasteiger partial charge < -0.3 is 15.4 Å². The number of hydrogen-bond donors (Lipinski definition) is 2. The van der Waals surface area contributed by atoms with Crippen LogP contribution in [0.4, 0.5) is 21.8 Å². The van der Waals surface area contributed by atoms with Gasteiger partial charge in [-0.3, -0.25) is 0 Å². The lowest BCUT2D eigenvalue weighted by Crippen LogP contribution is -2.07. The normalized spacial score (nSPS) is 10.3. The van der Waals surface area contributed by atoms with Crippen LogP contribution in [-0.4, -0.2) is 23.6 Å². The SMILES string of the molecule is CCCNc1ncc(C)c(Nc2ccc(F)cc2OC)n1. The Hall–Kier alpha value is -2.37. The van der Waals surface area contributed by atoms with Crippen molar-refractivity contribution < 1.29 is 9.13 Å². The molecule has 2 aromatic rings. The number of rotatable bonds is 6. The van der Waals surface area contributed by atoms with Crippen molar-refractivity contribution in [1.29, 1.82) is 0 Å². The molecule has 0 saturated heterocycles. The number of ether oxygens (including phenoxy) is 1. The standard InChI is InChI=1S/C15H19FN4O/c1-4-7-17-15-18-9-10(2)14(20-15)19-12-6-5-11(16)8-13(12)21-3/h5-6,8-9H,4,7H2,1-3H3,(H2,17,18,19,20). The number of methoxy groups -OCH3 is 1. The number of hydrogen-bond acceptors (Lipinski definition) is 5. The zero-order chi connectivity index (χ0) is 15.2. The summed E-state index contributed by atoms with van der Waals surface area (Å²) in [5.41, 5.74) is 1.55. The predicted molar refractivity (Wildman–Crippen MR) is 81.8 cm³/mol. The highest BCUT2D eigenvalue weighted by Crippen LogP contribution is 2.28. The molecule has 0 atom stereocenters. The van der Waals surface area contributed by atoms with Crippen molar-refractivity contribution in [3.63, 3.8) is 0 Å². The average Bonchev–Trinajstić information content (AvgIpc) is 2.49. The highest BCUT2D eigenvalue weighted by molar-refractivity contribution is 5.66. The Morgan fingerprint density at radius 3 is 2.86 bits per heavy atom. The smallest absolute Gasteiger partial charge is 0.224 e. The number of nitrogens with one attached hydrogen (secondary N) is 2. The lowest BCUT2D eigenvalue weighted by molar-refractivity contribution is 0.413. The number of aromatic nitrogens is 2. The van der Waals surface area contributed by atoms with Crippen LogP contribution in [0, 0.1) is 12.7 Å². The fourth-order valence-electron chi connectivity index (χ4n) is 1.79. The first-order chi connectivity index (χ1) is 10.1. The van der Waals surface area contributed by atoms with E-state index < -0.39 is 0 Å². The Morgan fingerprint density at radius 1 is 1.33 bits per heavy atom. The summed E-state index contributed by atoms with van der Waals surface area (Å²) >= 11 is 0. The summed E-state index contributed by atoms with van der Waals surface area (Å²) in [6.07, 6.45) is 2.73. The molecule has 112 valence electrons. The quantitative estimate of drug-likeness (QED) is 0.852. The van der Waals surface area contributed by atoms with Crippen LogP contribution in [0.25, 0.3) is 0 Å². The second kappa shape index (κ2) is 6.88. The lowest BCUT2D eigenvalue weighted by Gasteiger charge is -2.13. The zero-order valence-electron chi connectivity index (χ0n) is 12.4. The summed E-state index contributed by atoms with van der Waals surface area (Å²) in [4.78, 5) is 8.64. The third-order valence-electron chi connectivity index (χ3n) is 2.92. The van der Waals surface area contributed by atoms with Gasteiger partial charge in [-0.25, -0.2) is 9.37 Å². The monoisotopic (exact) mass is 290 g/mol. The highest BCUT2D eigenvalue weighted by Gasteiger charge is 2.09. The molecule has 0 radical (unpaired) electrons. The lowest BCUT2D eigenvalue weighted by atomic mass is 10.2. The number of anilines is 3. The maximum absolute atomic E-state index is 13.2. The van der Waals surface area contributed by atoms with E-state index in [1.54, 1.807) is 12.3 Å². The van der Waals surface area contributed by atoms with E-state index in [4.69, 9.17) is 4.74 Å². The summed E-state index contributed by atoms with van der Waals surface area (Å²) in [6, 6.07) is 4.32. The maximum Gasteiger partial charge on any atom is 0.224 e. The minimum atomic E-state index is -0.345. The molecule has 1 aromatic heterocycles. The third-order valence-corrected chi connectivity index (χ3v) is 2.92. The first kappa shape index (κ1) is 15.0. The van der Waals surface area contributed by atoms with Gasteiger partial charge in [0, 0.05) is 24.4 Å². The molecular formula is C15H19FN4O. The van der Waals surface area contributed by atoms with Crippen LogP contribution in [0.15, 0.2) is 24.4 Å². The predicted octanol–water partition coefficient (Wildman–Crippen LogP) is 3.50. The Kier molecular flexibility index (Phi) is 4.92. The minimum absolute atomic E-state index is 0.345. The van der Waals surface area contributed by atoms with Crippen LogP contribution < -0.4 is 15.4 Å². The molecule has 0 fully saturated rings. The van der Waals surface area contributed by atoms with Gasteiger partial charge in [-0.05, 0) is 25.5 Å². The summed E-state index contributed by atoms with van der Waals surface area (Å²) in [7, 11) is 1.50. The van der Waals surface area contributed by atoms with Crippen molar-refractivity contribution >= 4 is 17.5 Å². The topological polar surface area (TPSA) is 59.1 Å². The molecule has 2 N–H and O–H groups in total. The molecule has 0 amide bonds. The summed E-state index contributed by atoms with van der Waals surface area (Å²) in [5, 5.41) is 6.28. The van der Waals surface area contributed by atoms with E-state index in [1.807, 2.05) is 6.92 Å². The number of benzene rings is 1. The van der Waals surface area contributed by atoms with E-state index in [1.165, 1.54) is 19.2 Å². The van der Waals surface area contributed by atoms with E-state index in [0.29, 0.717) is 23.2 Å². The van der Waals surface area contributed by atoms with Crippen molar-refractivity contribution in [3.8, 4) is 5.75 Å². The fraction of sp³-hybridized carbons (Fsp3) is 0.333. The molecule has 0 spiro atoms. The first-order valence-corrected chi connectivity index (χ1v) is 6.82. The molecule has 0 bridgehead atoms. The molecule has 0 aliphatic heterocycles. The van der Waals surface area contributed by atoms with E-state index in [2.05, 4.69) is 27.5 Å². The minimum Gasteiger partial charge on any atom is -0.494 e. The molecule has 0 saturated carbocycles. The second-order valence-electron chi connectivity index (χ2n) is 4.62. The molecule has 6 heteroatoms. The van der Waals surface area contributed by atoms with Crippen LogP contribution in [0.2, 0.25) is 0 Å². The van der Waals surface area contributed by atoms with Crippen LogP contribution in [-0.2, 0) is 0 Å². The van der Waals surface area contributed by atoms with Crippen LogP contribution in [0.1, 0.15) is 18.9 Å². The van der Waals surface area contributed by atoms with Crippen LogP contribution in [0.3, 0.4) is 0 Å². The Morgan fingerprint density at radius 2 is 2.14 bits per heavy atom. The van der Waals surface area contributed by atoms with Crippen LogP contribution in [0.5, 0.6) is 5.75 Å². The van der Waals surface area contributed by atoms with E-state index in [-0.39, 0.29) is 5.82 Å². The maximum atomic E-state index is 13.2. The zero-order valence-corrected chi connectivity index (χ0v) is 12.4. The second-order valence-corrected chi connectivity index (χ2v) is 4.62. The highest BCUT2D eigenvalue weighted by atomic mass is 19.1. The molecule has 21 heavy (non-hydrogen) atoms. The Bertz CT molecular complexity index is 619. The molecule has 0 aliphatic carbocycles. The van der Waals surface area contributed by atoms with E-state index in [9.17, 15) is 4.39 Å². The molecule has 0 aliphatic rings. The number of aryl methyl sites for hydroxylation is 1. The van der Waals surface area contributed by atoms with Crippen LogP contribution >= 0.6 is 0 Å². The van der Waals surface area contributed by atoms with Crippen molar-refractivity contribution in [2.24, 2.45) is 0 Å². The summed E-state index contributed by atoms with van der Waals surface area (Å²) in [6.45, 7) is 4.79. The molecule has 5 nitrogen and oxygen atoms in total. The van der Waals surface area contributed by atoms with Gasteiger partial charge in [0.05, 0.1) is 12.8 Å².